The number of nitrogens with one attached hydrogen (secondary N) is 2. The summed E-state index contributed by atoms with van der Waals surface area (Å²) in [5.74, 6) is -0.160. The summed E-state index contributed by atoms with van der Waals surface area (Å²) in [4.78, 5) is 21.4. The summed E-state index contributed by atoms with van der Waals surface area (Å²) in [5, 5.41) is 6.29. The minimum Gasteiger partial charge on any atom is -0.347 e. The molecule has 1 amide bonds. The van der Waals surface area contributed by atoms with E-state index in [1.165, 1.54) is 5.56 Å². The molecule has 2 N–H and O–H groups in total. The number of pyridine rings is 2. The van der Waals surface area contributed by atoms with Crippen molar-refractivity contribution >= 4 is 36.4 Å². The zero-order valence-electron chi connectivity index (χ0n) is 14.4. The predicted octanol–water partition coefficient (Wildman–Crippen LogP) is 2.46. The molecule has 138 valence electrons. The minimum atomic E-state index is -0.160. The van der Waals surface area contributed by atoms with Crippen LogP contribution in [0.15, 0.2) is 36.7 Å². The lowest BCUT2D eigenvalue weighted by molar-refractivity contribution is 0.0946. The second-order valence-electron chi connectivity index (χ2n) is 6.03. The van der Waals surface area contributed by atoms with Crippen molar-refractivity contribution in [2.24, 2.45) is 0 Å². The SMILES string of the molecule is Cc1c(C(=O)NCc2cnc3c(c2)CNCC3)nc2ccccn12.Cl.Cl. The molecule has 0 saturated heterocycles. The van der Waals surface area contributed by atoms with E-state index in [4.69, 9.17) is 0 Å². The van der Waals surface area contributed by atoms with E-state index in [1.54, 1.807) is 0 Å². The van der Waals surface area contributed by atoms with Crippen LogP contribution in [0.2, 0.25) is 0 Å². The van der Waals surface area contributed by atoms with Gasteiger partial charge in [0.2, 0.25) is 0 Å². The number of carbonyl (C=O) groups is 1. The van der Waals surface area contributed by atoms with Gasteiger partial charge in [0.05, 0.1) is 5.69 Å². The molecule has 8 heteroatoms. The van der Waals surface area contributed by atoms with Gasteiger partial charge in [0.25, 0.3) is 5.91 Å². The number of aromatic nitrogens is 3. The normalized spacial score (nSPS) is 12.7. The Morgan fingerprint density at radius 2 is 2.19 bits per heavy atom. The summed E-state index contributed by atoms with van der Waals surface area (Å²) in [6, 6.07) is 7.85. The molecule has 0 spiro atoms. The maximum Gasteiger partial charge on any atom is 0.272 e. The van der Waals surface area contributed by atoms with E-state index in [9.17, 15) is 4.79 Å². The smallest absolute Gasteiger partial charge is 0.272 e. The Bertz CT molecular complexity index is 925. The molecule has 0 saturated carbocycles. The van der Waals surface area contributed by atoms with Crippen LogP contribution in [0.1, 0.15) is 33.0 Å². The largest absolute Gasteiger partial charge is 0.347 e. The maximum absolute atomic E-state index is 12.5. The number of carbonyl (C=O) groups excluding carboxylic acids is 1. The molecule has 0 radical (unpaired) electrons. The molecule has 0 fully saturated rings. The van der Waals surface area contributed by atoms with Crippen molar-refractivity contribution in [3.8, 4) is 0 Å². The number of nitrogens with zero attached hydrogens (tertiary/aromatic N) is 3. The van der Waals surface area contributed by atoms with Crippen molar-refractivity contribution in [2.45, 2.75) is 26.4 Å². The molecule has 3 aromatic heterocycles. The second kappa shape index (κ2) is 8.49. The minimum absolute atomic E-state index is 0. The monoisotopic (exact) mass is 393 g/mol. The second-order valence-corrected chi connectivity index (χ2v) is 6.03. The number of hydrogen-bond acceptors (Lipinski definition) is 4. The van der Waals surface area contributed by atoms with Gasteiger partial charge in [-0.3, -0.25) is 9.78 Å². The molecule has 0 bridgehead atoms. The first kappa shape index (κ1) is 20.2. The molecule has 4 rings (SSSR count). The van der Waals surface area contributed by atoms with E-state index in [-0.39, 0.29) is 30.7 Å². The number of imidazole rings is 1. The lowest BCUT2D eigenvalue weighted by Gasteiger charge is -2.16. The van der Waals surface area contributed by atoms with E-state index in [1.807, 2.05) is 41.9 Å². The van der Waals surface area contributed by atoms with Gasteiger partial charge in [0.15, 0.2) is 0 Å². The average molecular weight is 394 g/mol. The Hall–Kier alpha value is -2.15. The Morgan fingerprint density at radius 3 is 3.00 bits per heavy atom. The van der Waals surface area contributed by atoms with Gasteiger partial charge in [-0.2, -0.15) is 0 Å². The first-order valence-corrected chi connectivity index (χ1v) is 8.11. The van der Waals surface area contributed by atoms with Crippen LogP contribution in [0.25, 0.3) is 5.65 Å². The van der Waals surface area contributed by atoms with Crippen LogP contribution in [0.3, 0.4) is 0 Å². The van der Waals surface area contributed by atoms with E-state index in [0.29, 0.717) is 12.2 Å². The van der Waals surface area contributed by atoms with E-state index in [0.717, 1.165) is 42.1 Å². The molecule has 0 aliphatic carbocycles. The Balaban J connectivity index is 0.00000121. The van der Waals surface area contributed by atoms with Crippen molar-refractivity contribution in [2.75, 3.05) is 6.54 Å². The summed E-state index contributed by atoms with van der Waals surface area (Å²) in [6.45, 7) is 4.17. The van der Waals surface area contributed by atoms with Gasteiger partial charge in [0, 0.05) is 44.1 Å². The van der Waals surface area contributed by atoms with Gasteiger partial charge in [-0.25, -0.2) is 4.98 Å². The number of amides is 1. The fraction of sp³-hybridized carbons (Fsp3) is 0.278. The van der Waals surface area contributed by atoms with E-state index >= 15 is 0 Å². The molecule has 0 aromatic carbocycles. The Kier molecular flexibility index (Phi) is 6.58. The first-order chi connectivity index (χ1) is 11.7. The van der Waals surface area contributed by atoms with Crippen LogP contribution in [0, 0.1) is 6.92 Å². The molecule has 6 nitrogen and oxygen atoms in total. The number of fused-ring (bicyclic) bond motifs is 2. The van der Waals surface area contributed by atoms with Crippen LogP contribution in [0.4, 0.5) is 0 Å². The summed E-state index contributed by atoms with van der Waals surface area (Å²) >= 11 is 0. The number of halogens is 2. The highest BCUT2D eigenvalue weighted by Crippen LogP contribution is 2.14. The Morgan fingerprint density at radius 1 is 1.35 bits per heavy atom. The molecular weight excluding hydrogens is 373 g/mol. The molecule has 4 heterocycles. The molecule has 0 atom stereocenters. The third-order valence-electron chi connectivity index (χ3n) is 4.41. The van der Waals surface area contributed by atoms with Crippen LogP contribution in [0.5, 0.6) is 0 Å². The van der Waals surface area contributed by atoms with E-state index < -0.39 is 0 Å². The summed E-state index contributed by atoms with van der Waals surface area (Å²) < 4.78 is 1.92. The summed E-state index contributed by atoms with van der Waals surface area (Å²) in [5.41, 5.74) is 5.47. The average Bonchev–Trinajstić information content (AvgIpc) is 2.97. The predicted molar refractivity (Wildman–Crippen MR) is 105 cm³/mol. The van der Waals surface area contributed by atoms with E-state index in [2.05, 4.69) is 26.7 Å². The third-order valence-corrected chi connectivity index (χ3v) is 4.41. The highest BCUT2D eigenvalue weighted by molar-refractivity contribution is 5.94. The lowest BCUT2D eigenvalue weighted by Crippen LogP contribution is -2.26. The number of aryl methyl sites for hydroxylation is 1. The van der Waals surface area contributed by atoms with Gasteiger partial charge in [-0.15, -0.1) is 24.8 Å². The zero-order valence-corrected chi connectivity index (χ0v) is 16.0. The van der Waals surface area contributed by atoms with Crippen molar-refractivity contribution in [3.05, 3.63) is 64.9 Å². The third kappa shape index (κ3) is 3.82. The summed E-state index contributed by atoms with van der Waals surface area (Å²) in [7, 11) is 0. The fourth-order valence-electron chi connectivity index (χ4n) is 3.09. The van der Waals surface area contributed by atoms with Gasteiger partial charge in [-0.1, -0.05) is 6.07 Å². The van der Waals surface area contributed by atoms with Crippen molar-refractivity contribution in [3.63, 3.8) is 0 Å². The first-order valence-electron chi connectivity index (χ1n) is 8.11. The highest BCUT2D eigenvalue weighted by atomic mass is 35.5. The molecule has 0 unspecified atom stereocenters. The molecule has 1 aliphatic rings. The van der Waals surface area contributed by atoms with Crippen LogP contribution in [-0.4, -0.2) is 26.8 Å². The maximum atomic E-state index is 12.5. The van der Waals surface area contributed by atoms with Crippen molar-refractivity contribution in [1.82, 2.24) is 25.0 Å². The van der Waals surface area contributed by atoms with Gasteiger partial charge >= 0.3 is 0 Å². The van der Waals surface area contributed by atoms with Crippen molar-refractivity contribution in [1.29, 1.82) is 0 Å². The van der Waals surface area contributed by atoms with Gasteiger partial charge in [-0.05, 0) is 36.2 Å². The molecule has 26 heavy (non-hydrogen) atoms. The number of rotatable bonds is 3. The molecule has 1 aliphatic heterocycles. The fourth-order valence-corrected chi connectivity index (χ4v) is 3.09. The standard InChI is InChI=1S/C18H19N5O.2ClH/c1-12-17(22-16-4-2-3-7-23(12)16)18(24)21-10-13-8-14-11-19-6-5-15(14)20-9-13;;/h2-4,7-9,19H,5-6,10-11H2,1H3,(H,21,24);2*1H. The van der Waals surface area contributed by atoms with Gasteiger partial charge < -0.3 is 15.0 Å². The van der Waals surface area contributed by atoms with Crippen LogP contribution < -0.4 is 10.6 Å². The molecular formula is C18H21Cl2N5O. The van der Waals surface area contributed by atoms with Crippen molar-refractivity contribution < 1.29 is 4.79 Å². The molecule has 3 aromatic rings. The number of hydrogen-bond donors (Lipinski definition) is 2. The topological polar surface area (TPSA) is 71.3 Å². The van der Waals surface area contributed by atoms with Crippen LogP contribution >= 0.6 is 24.8 Å². The van der Waals surface area contributed by atoms with Gasteiger partial charge in [0.1, 0.15) is 11.3 Å². The lowest BCUT2D eigenvalue weighted by atomic mass is 10.1. The van der Waals surface area contributed by atoms with Crippen LogP contribution in [-0.2, 0) is 19.5 Å². The highest BCUT2D eigenvalue weighted by Gasteiger charge is 2.16. The Labute approximate surface area is 164 Å². The zero-order chi connectivity index (χ0) is 16.5. The quantitative estimate of drug-likeness (QED) is 0.716. The summed E-state index contributed by atoms with van der Waals surface area (Å²) in [6.07, 6.45) is 4.72.